The van der Waals surface area contributed by atoms with Gasteiger partial charge in [-0.1, -0.05) is 6.42 Å². The van der Waals surface area contributed by atoms with Crippen LogP contribution in [0.1, 0.15) is 41.4 Å². The lowest BCUT2D eigenvalue weighted by atomic mass is 9.99. The zero-order chi connectivity index (χ0) is 20.2. The number of carbonyl (C=O) groups is 1. The monoisotopic (exact) mass is 399 g/mol. The molecule has 2 fully saturated rings. The molecule has 8 heteroatoms. The van der Waals surface area contributed by atoms with Crippen molar-refractivity contribution in [3.63, 3.8) is 0 Å². The summed E-state index contributed by atoms with van der Waals surface area (Å²) in [4.78, 5) is 22.0. The molecule has 0 saturated carbocycles. The van der Waals surface area contributed by atoms with E-state index in [2.05, 4.69) is 15.0 Å². The highest BCUT2D eigenvalue weighted by molar-refractivity contribution is 5.93. The van der Waals surface area contributed by atoms with Crippen LogP contribution in [0.25, 0.3) is 0 Å². The van der Waals surface area contributed by atoms with Gasteiger partial charge in [-0.25, -0.2) is 0 Å². The van der Waals surface area contributed by atoms with Crippen molar-refractivity contribution in [2.24, 2.45) is 7.05 Å². The molecule has 0 unspecified atom stereocenters. The van der Waals surface area contributed by atoms with Gasteiger partial charge in [0.15, 0.2) is 0 Å². The molecule has 156 valence electrons. The standard InChI is InChI=1S/C21H29N5O3/c1-24-14-16(13-23-24)20-19(15-25-8-4-3-5-9-25)29-11-10-26(20)21(27)18-12-17(28-2)6-7-22-18/h6-7,12-14,19-20H,3-5,8-11,15H2,1-2H3/t19-,20-/m0/s1. The average molecular weight is 399 g/mol. The highest BCUT2D eigenvalue weighted by atomic mass is 16.5. The Morgan fingerprint density at radius 2 is 2.10 bits per heavy atom. The molecule has 2 atom stereocenters. The zero-order valence-corrected chi connectivity index (χ0v) is 17.2. The van der Waals surface area contributed by atoms with E-state index in [-0.39, 0.29) is 18.1 Å². The molecule has 2 aromatic heterocycles. The molecule has 2 aromatic rings. The Balaban J connectivity index is 1.62. The first-order valence-electron chi connectivity index (χ1n) is 10.3. The number of ether oxygens (including phenoxy) is 2. The van der Waals surface area contributed by atoms with Crippen LogP contribution in [0.5, 0.6) is 5.75 Å². The molecule has 4 rings (SSSR count). The predicted octanol–water partition coefficient (Wildman–Crippen LogP) is 1.89. The Kier molecular flexibility index (Phi) is 6.10. The molecule has 0 bridgehead atoms. The van der Waals surface area contributed by atoms with Gasteiger partial charge in [0.25, 0.3) is 5.91 Å². The number of morpholine rings is 1. The Morgan fingerprint density at radius 3 is 2.83 bits per heavy atom. The van der Waals surface area contributed by atoms with Crippen LogP contribution in [-0.4, -0.2) is 76.5 Å². The number of aryl methyl sites for hydroxylation is 1. The molecule has 0 spiro atoms. The van der Waals surface area contributed by atoms with Crippen molar-refractivity contribution in [2.45, 2.75) is 31.4 Å². The molecule has 2 aliphatic rings. The number of pyridine rings is 1. The second kappa shape index (κ2) is 8.92. The van der Waals surface area contributed by atoms with Gasteiger partial charge in [-0.3, -0.25) is 14.5 Å². The lowest BCUT2D eigenvalue weighted by Crippen LogP contribution is -2.52. The average Bonchev–Trinajstić information content (AvgIpc) is 3.19. The van der Waals surface area contributed by atoms with E-state index in [0.29, 0.717) is 24.6 Å². The Labute approximate surface area is 171 Å². The second-order valence-electron chi connectivity index (χ2n) is 7.74. The number of rotatable bonds is 5. The number of amides is 1. The summed E-state index contributed by atoms with van der Waals surface area (Å²) < 4.78 is 13.2. The Hall–Kier alpha value is -2.45. The van der Waals surface area contributed by atoms with Crippen molar-refractivity contribution < 1.29 is 14.3 Å². The molecular weight excluding hydrogens is 370 g/mol. The van der Waals surface area contributed by atoms with E-state index in [4.69, 9.17) is 9.47 Å². The molecule has 4 heterocycles. The fourth-order valence-corrected chi connectivity index (χ4v) is 4.30. The van der Waals surface area contributed by atoms with Gasteiger partial charge in [-0.15, -0.1) is 0 Å². The van der Waals surface area contributed by atoms with E-state index in [1.807, 2.05) is 24.3 Å². The first kappa shape index (κ1) is 19.8. The van der Waals surface area contributed by atoms with Gasteiger partial charge >= 0.3 is 0 Å². The van der Waals surface area contributed by atoms with E-state index in [1.165, 1.54) is 19.3 Å². The van der Waals surface area contributed by atoms with Crippen molar-refractivity contribution >= 4 is 5.91 Å². The fourth-order valence-electron chi connectivity index (χ4n) is 4.30. The van der Waals surface area contributed by atoms with Gasteiger partial charge in [0.2, 0.25) is 0 Å². The van der Waals surface area contributed by atoms with Crippen LogP contribution in [-0.2, 0) is 11.8 Å². The molecule has 2 aliphatic heterocycles. The van der Waals surface area contributed by atoms with E-state index < -0.39 is 0 Å². The lowest BCUT2D eigenvalue weighted by Gasteiger charge is -2.43. The first-order chi connectivity index (χ1) is 14.2. The number of carbonyl (C=O) groups excluding carboxylic acids is 1. The van der Waals surface area contributed by atoms with Gasteiger partial charge in [0.1, 0.15) is 11.4 Å². The third-order valence-corrected chi connectivity index (χ3v) is 5.75. The van der Waals surface area contributed by atoms with E-state index in [9.17, 15) is 4.79 Å². The van der Waals surface area contributed by atoms with Gasteiger partial charge in [-0.05, 0) is 32.0 Å². The van der Waals surface area contributed by atoms with Gasteiger partial charge in [0, 0.05) is 44.2 Å². The van der Waals surface area contributed by atoms with Crippen LogP contribution in [0.4, 0.5) is 0 Å². The molecule has 29 heavy (non-hydrogen) atoms. The van der Waals surface area contributed by atoms with Crippen LogP contribution >= 0.6 is 0 Å². The zero-order valence-electron chi connectivity index (χ0n) is 17.2. The maximum absolute atomic E-state index is 13.4. The molecule has 1 amide bonds. The van der Waals surface area contributed by atoms with Crippen LogP contribution in [0, 0.1) is 0 Å². The summed E-state index contributed by atoms with van der Waals surface area (Å²) in [6.45, 7) is 4.03. The van der Waals surface area contributed by atoms with Crippen LogP contribution < -0.4 is 4.74 Å². The Bertz CT molecular complexity index is 833. The van der Waals surface area contributed by atoms with Gasteiger partial charge in [0.05, 0.1) is 32.1 Å². The smallest absolute Gasteiger partial charge is 0.273 e. The molecular formula is C21H29N5O3. The van der Waals surface area contributed by atoms with Gasteiger partial charge < -0.3 is 19.3 Å². The quantitative estimate of drug-likeness (QED) is 0.765. The van der Waals surface area contributed by atoms with Crippen molar-refractivity contribution in [1.82, 2.24) is 24.6 Å². The fraction of sp³-hybridized carbons (Fsp3) is 0.571. The maximum Gasteiger partial charge on any atom is 0.273 e. The third kappa shape index (κ3) is 4.43. The predicted molar refractivity (Wildman–Crippen MR) is 108 cm³/mol. The topological polar surface area (TPSA) is 72.7 Å². The van der Waals surface area contributed by atoms with Crippen molar-refractivity contribution in [3.8, 4) is 5.75 Å². The number of nitrogens with zero attached hydrogens (tertiary/aromatic N) is 5. The number of methoxy groups -OCH3 is 1. The third-order valence-electron chi connectivity index (χ3n) is 5.75. The summed E-state index contributed by atoms with van der Waals surface area (Å²) >= 11 is 0. The molecule has 8 nitrogen and oxygen atoms in total. The number of likely N-dealkylation sites (tertiary alicyclic amines) is 1. The number of hydrogen-bond acceptors (Lipinski definition) is 6. The lowest BCUT2D eigenvalue weighted by molar-refractivity contribution is -0.0743. The SMILES string of the molecule is COc1ccnc(C(=O)N2CCO[C@@H](CN3CCCCC3)[C@@H]2c2cnn(C)c2)c1. The van der Waals surface area contributed by atoms with Crippen LogP contribution in [0.3, 0.4) is 0 Å². The first-order valence-corrected chi connectivity index (χ1v) is 10.3. The largest absolute Gasteiger partial charge is 0.497 e. The van der Waals surface area contributed by atoms with Crippen molar-refractivity contribution in [3.05, 3.63) is 42.0 Å². The summed E-state index contributed by atoms with van der Waals surface area (Å²) in [6, 6.07) is 3.24. The summed E-state index contributed by atoms with van der Waals surface area (Å²) in [5.74, 6) is 0.518. The molecule has 0 N–H and O–H groups in total. The maximum atomic E-state index is 13.4. The normalized spacial score (nSPS) is 23.2. The summed E-state index contributed by atoms with van der Waals surface area (Å²) in [7, 11) is 3.48. The number of aromatic nitrogens is 3. The molecule has 0 aliphatic carbocycles. The van der Waals surface area contributed by atoms with E-state index in [0.717, 1.165) is 25.2 Å². The minimum atomic E-state index is -0.195. The van der Waals surface area contributed by atoms with Crippen molar-refractivity contribution in [1.29, 1.82) is 0 Å². The highest BCUT2D eigenvalue weighted by Gasteiger charge is 2.39. The highest BCUT2D eigenvalue weighted by Crippen LogP contribution is 2.32. The number of hydrogen-bond donors (Lipinski definition) is 0. The van der Waals surface area contributed by atoms with E-state index in [1.54, 1.807) is 30.1 Å². The van der Waals surface area contributed by atoms with Crippen LogP contribution in [0.15, 0.2) is 30.7 Å². The minimum Gasteiger partial charge on any atom is -0.497 e. The number of piperidine rings is 1. The summed E-state index contributed by atoms with van der Waals surface area (Å²) in [5, 5.41) is 4.34. The molecule has 0 radical (unpaired) electrons. The minimum absolute atomic E-state index is 0.0967. The second-order valence-corrected chi connectivity index (χ2v) is 7.74. The molecule has 0 aromatic carbocycles. The van der Waals surface area contributed by atoms with Gasteiger partial charge in [-0.2, -0.15) is 5.10 Å². The van der Waals surface area contributed by atoms with E-state index >= 15 is 0 Å². The molecule has 2 saturated heterocycles. The van der Waals surface area contributed by atoms with Crippen LogP contribution in [0.2, 0.25) is 0 Å². The Morgan fingerprint density at radius 1 is 1.28 bits per heavy atom. The van der Waals surface area contributed by atoms with Crippen molar-refractivity contribution in [2.75, 3.05) is 39.9 Å². The summed E-state index contributed by atoms with van der Waals surface area (Å²) in [5.41, 5.74) is 1.38. The summed E-state index contributed by atoms with van der Waals surface area (Å²) in [6.07, 6.45) is 9.06.